The average Bonchev–Trinajstić information content (AvgIpc) is 2.86. The zero-order valence-corrected chi connectivity index (χ0v) is 9.71. The van der Waals surface area contributed by atoms with Crippen molar-refractivity contribution in [1.82, 2.24) is 0 Å². The van der Waals surface area contributed by atoms with Crippen molar-refractivity contribution < 1.29 is 14.1 Å². The molecule has 1 rings (SSSR count). The molecule has 0 bridgehead atoms. The summed E-state index contributed by atoms with van der Waals surface area (Å²) in [5.41, 5.74) is 0. The molecule has 0 spiro atoms. The molecule has 1 aliphatic carbocycles. The zero-order valence-electron chi connectivity index (χ0n) is 8.90. The minimum Gasteiger partial charge on any atom is -0.480 e. The van der Waals surface area contributed by atoms with Gasteiger partial charge in [-0.15, -0.1) is 0 Å². The molecule has 1 aliphatic rings. The minimum absolute atomic E-state index is 0.0308. The van der Waals surface area contributed by atoms with Gasteiger partial charge in [-0.05, 0) is 24.7 Å². The molecule has 14 heavy (non-hydrogen) atoms. The molecule has 0 aromatic rings. The molecule has 82 valence electrons. The monoisotopic (exact) mass is 218 g/mol. The van der Waals surface area contributed by atoms with E-state index in [1.54, 1.807) is 0 Å². The van der Waals surface area contributed by atoms with Gasteiger partial charge in [0.1, 0.15) is 5.25 Å². The van der Waals surface area contributed by atoms with Gasteiger partial charge in [0.2, 0.25) is 0 Å². The Kier molecular flexibility index (Phi) is 3.70. The molecule has 3 unspecified atom stereocenters. The summed E-state index contributed by atoms with van der Waals surface area (Å²) in [5.74, 6) is -0.454. The van der Waals surface area contributed by atoms with Crippen LogP contribution in [-0.4, -0.2) is 25.8 Å². The molecule has 0 amide bonds. The number of carboxylic acids is 1. The lowest BCUT2D eigenvalue weighted by molar-refractivity contribution is -0.136. The van der Waals surface area contributed by atoms with Crippen LogP contribution < -0.4 is 0 Å². The summed E-state index contributed by atoms with van der Waals surface area (Å²) in [7, 11) is -1.23. The number of carboxylic acid groups (broad SMARTS) is 1. The summed E-state index contributed by atoms with van der Waals surface area (Å²) in [5, 5.41) is 8.33. The Morgan fingerprint density at radius 1 is 1.36 bits per heavy atom. The number of hydrogen-bond donors (Lipinski definition) is 1. The van der Waals surface area contributed by atoms with Crippen molar-refractivity contribution in [2.45, 2.75) is 44.1 Å². The summed E-state index contributed by atoms with van der Waals surface area (Å²) in [6.45, 7) is 5.84. The van der Waals surface area contributed by atoms with E-state index in [0.717, 1.165) is 12.8 Å². The van der Waals surface area contributed by atoms with Gasteiger partial charge in [-0.2, -0.15) is 0 Å². The summed E-state index contributed by atoms with van der Waals surface area (Å²) < 4.78 is 11.9. The molecule has 0 saturated heterocycles. The molecule has 3 nitrogen and oxygen atoms in total. The maximum atomic E-state index is 11.9. The Morgan fingerprint density at radius 2 is 1.86 bits per heavy atom. The summed E-state index contributed by atoms with van der Waals surface area (Å²) in [6, 6.07) is 0. The van der Waals surface area contributed by atoms with Crippen LogP contribution in [0, 0.1) is 11.8 Å². The Bertz CT molecular complexity index is 246. The highest BCUT2D eigenvalue weighted by Crippen LogP contribution is 2.36. The van der Waals surface area contributed by atoms with E-state index in [1.807, 2.05) is 20.8 Å². The predicted octanol–water partition coefficient (Wildman–Crippen LogP) is 1.64. The second-order valence-electron chi connectivity index (χ2n) is 4.37. The third-order valence-corrected chi connectivity index (χ3v) is 5.21. The summed E-state index contributed by atoms with van der Waals surface area (Å²) in [4.78, 5) is 11.0. The molecule has 0 aliphatic heterocycles. The van der Waals surface area contributed by atoms with E-state index < -0.39 is 22.0 Å². The SMILES string of the molecule is CC(C)C(C)S(=O)C(C(=O)O)C1CC1. The Hall–Kier alpha value is -0.380. The first kappa shape index (κ1) is 11.7. The minimum atomic E-state index is -1.23. The van der Waals surface area contributed by atoms with Crippen LogP contribution >= 0.6 is 0 Å². The second kappa shape index (κ2) is 4.43. The number of carbonyl (C=O) groups is 1. The number of aliphatic carboxylic acids is 1. The first-order valence-electron chi connectivity index (χ1n) is 5.07. The van der Waals surface area contributed by atoms with Crippen molar-refractivity contribution in [3.63, 3.8) is 0 Å². The van der Waals surface area contributed by atoms with Gasteiger partial charge in [0, 0.05) is 16.0 Å². The highest BCUT2D eigenvalue weighted by atomic mass is 32.2. The van der Waals surface area contributed by atoms with Crippen molar-refractivity contribution in [3.05, 3.63) is 0 Å². The van der Waals surface area contributed by atoms with E-state index in [4.69, 9.17) is 5.11 Å². The van der Waals surface area contributed by atoms with Gasteiger partial charge in [-0.1, -0.05) is 20.8 Å². The quantitative estimate of drug-likeness (QED) is 0.763. The van der Waals surface area contributed by atoms with Gasteiger partial charge in [-0.3, -0.25) is 9.00 Å². The normalized spacial score (nSPS) is 23.1. The van der Waals surface area contributed by atoms with Crippen LogP contribution in [0.4, 0.5) is 0 Å². The highest BCUT2D eigenvalue weighted by Gasteiger charge is 2.42. The molecule has 0 aromatic carbocycles. The fraction of sp³-hybridized carbons (Fsp3) is 0.900. The van der Waals surface area contributed by atoms with E-state index in [0.29, 0.717) is 0 Å². The molecule has 0 aromatic heterocycles. The highest BCUT2D eigenvalue weighted by molar-refractivity contribution is 7.87. The third-order valence-electron chi connectivity index (χ3n) is 2.85. The lowest BCUT2D eigenvalue weighted by Gasteiger charge is -2.19. The maximum absolute atomic E-state index is 11.9. The largest absolute Gasteiger partial charge is 0.480 e. The van der Waals surface area contributed by atoms with E-state index >= 15 is 0 Å². The number of rotatable bonds is 5. The van der Waals surface area contributed by atoms with Crippen LogP contribution in [-0.2, 0) is 15.6 Å². The lowest BCUT2D eigenvalue weighted by atomic mass is 10.2. The van der Waals surface area contributed by atoms with Gasteiger partial charge < -0.3 is 5.11 Å². The number of hydrogen-bond acceptors (Lipinski definition) is 2. The topological polar surface area (TPSA) is 54.4 Å². The summed E-state index contributed by atoms with van der Waals surface area (Å²) >= 11 is 0. The van der Waals surface area contributed by atoms with Crippen LogP contribution in [0.25, 0.3) is 0 Å². The van der Waals surface area contributed by atoms with Gasteiger partial charge in [0.15, 0.2) is 0 Å². The van der Waals surface area contributed by atoms with E-state index in [1.165, 1.54) is 0 Å². The Morgan fingerprint density at radius 3 is 2.14 bits per heavy atom. The van der Waals surface area contributed by atoms with Gasteiger partial charge in [-0.25, -0.2) is 0 Å². The molecule has 1 saturated carbocycles. The molecular weight excluding hydrogens is 200 g/mol. The molecule has 1 fully saturated rings. The predicted molar refractivity (Wildman–Crippen MR) is 56.6 cm³/mol. The molecule has 4 heteroatoms. The molecule has 0 heterocycles. The van der Waals surface area contributed by atoms with Crippen molar-refractivity contribution >= 4 is 16.8 Å². The van der Waals surface area contributed by atoms with Crippen molar-refractivity contribution in [1.29, 1.82) is 0 Å². The molecule has 0 radical (unpaired) electrons. The van der Waals surface area contributed by atoms with Crippen molar-refractivity contribution in [2.24, 2.45) is 11.8 Å². The van der Waals surface area contributed by atoms with E-state index in [-0.39, 0.29) is 17.1 Å². The fourth-order valence-electron chi connectivity index (χ4n) is 1.39. The fourth-order valence-corrected chi connectivity index (χ4v) is 3.24. The van der Waals surface area contributed by atoms with Crippen LogP contribution in [0.5, 0.6) is 0 Å². The maximum Gasteiger partial charge on any atom is 0.319 e. The summed E-state index contributed by atoms with van der Waals surface area (Å²) in [6.07, 6.45) is 1.85. The van der Waals surface area contributed by atoms with Gasteiger partial charge in [0.05, 0.1) is 0 Å². The first-order valence-corrected chi connectivity index (χ1v) is 6.35. The Labute approximate surface area is 87.3 Å². The van der Waals surface area contributed by atoms with Crippen LogP contribution in [0.3, 0.4) is 0 Å². The second-order valence-corrected chi connectivity index (χ2v) is 6.28. The molecule has 1 N–H and O–H groups in total. The van der Waals surface area contributed by atoms with Crippen molar-refractivity contribution in [2.75, 3.05) is 0 Å². The van der Waals surface area contributed by atoms with Crippen LogP contribution in [0.15, 0.2) is 0 Å². The van der Waals surface area contributed by atoms with E-state index in [9.17, 15) is 9.00 Å². The third kappa shape index (κ3) is 2.56. The van der Waals surface area contributed by atoms with E-state index in [2.05, 4.69) is 0 Å². The van der Waals surface area contributed by atoms with Gasteiger partial charge in [0.25, 0.3) is 0 Å². The zero-order chi connectivity index (χ0) is 10.9. The van der Waals surface area contributed by atoms with Crippen LogP contribution in [0.1, 0.15) is 33.6 Å². The Balaban J connectivity index is 2.68. The van der Waals surface area contributed by atoms with Crippen LogP contribution in [0.2, 0.25) is 0 Å². The first-order chi connectivity index (χ1) is 6.45. The standard InChI is InChI=1S/C10H18O3S/c1-6(2)7(3)14(13)9(10(11)12)8-4-5-8/h6-9H,4-5H2,1-3H3,(H,11,12). The lowest BCUT2D eigenvalue weighted by Crippen LogP contribution is -2.35. The average molecular weight is 218 g/mol. The van der Waals surface area contributed by atoms with Crippen molar-refractivity contribution in [3.8, 4) is 0 Å². The molecule has 3 atom stereocenters. The smallest absolute Gasteiger partial charge is 0.319 e. The van der Waals surface area contributed by atoms with Gasteiger partial charge >= 0.3 is 5.97 Å². The molecular formula is C10H18O3S.